The van der Waals surface area contributed by atoms with Gasteiger partial charge in [-0.3, -0.25) is 14.9 Å². The number of rotatable bonds is 6. The first-order valence-corrected chi connectivity index (χ1v) is 7.62. The fourth-order valence-electron chi connectivity index (χ4n) is 1.84. The zero-order valence-electron chi connectivity index (χ0n) is 14.4. The highest BCUT2D eigenvalue weighted by Crippen LogP contribution is 2.24. The monoisotopic (exact) mass is 336 g/mol. The summed E-state index contributed by atoms with van der Waals surface area (Å²) in [4.78, 5) is 33.5. The number of hydrogen-bond donors (Lipinski definition) is 2. The second-order valence-corrected chi connectivity index (χ2v) is 6.36. The van der Waals surface area contributed by atoms with Gasteiger partial charge in [0, 0.05) is 0 Å². The van der Waals surface area contributed by atoms with Crippen molar-refractivity contribution in [2.75, 3.05) is 6.61 Å². The van der Waals surface area contributed by atoms with Gasteiger partial charge in [-0.05, 0) is 30.0 Å². The number of hydrogen-bond acceptors (Lipinski definition) is 5. The number of carbonyl (C=O) groups is 3. The minimum Gasteiger partial charge on any atom is -0.493 e. The van der Waals surface area contributed by atoms with Crippen LogP contribution >= 0.6 is 0 Å². The molecule has 0 aliphatic heterocycles. The molecule has 0 aromatic heterocycles. The van der Waals surface area contributed by atoms with Crippen LogP contribution in [0.25, 0.3) is 0 Å². The van der Waals surface area contributed by atoms with Crippen LogP contribution in [0.3, 0.4) is 0 Å². The molecular weight excluding hydrogens is 312 g/mol. The van der Waals surface area contributed by atoms with Crippen molar-refractivity contribution < 1.29 is 23.9 Å². The van der Waals surface area contributed by atoms with Gasteiger partial charge < -0.3 is 15.2 Å². The van der Waals surface area contributed by atoms with E-state index >= 15 is 0 Å². The van der Waals surface area contributed by atoms with E-state index in [0.29, 0.717) is 5.75 Å². The first-order valence-electron chi connectivity index (χ1n) is 7.62. The molecule has 0 saturated heterocycles. The Bertz CT molecular complexity index is 590. The molecule has 0 saturated carbocycles. The third kappa shape index (κ3) is 6.68. The largest absolute Gasteiger partial charge is 0.493 e. The zero-order valence-corrected chi connectivity index (χ0v) is 14.4. The summed E-state index contributed by atoms with van der Waals surface area (Å²) >= 11 is 0. The molecule has 3 amide bonds. The quantitative estimate of drug-likeness (QED) is 0.771. The summed E-state index contributed by atoms with van der Waals surface area (Å²) in [6, 6.07) is 6.64. The van der Waals surface area contributed by atoms with Crippen LogP contribution in [-0.4, -0.2) is 30.6 Å². The molecule has 0 heterocycles. The molecule has 0 bridgehead atoms. The second kappa shape index (κ2) is 8.33. The van der Waals surface area contributed by atoms with E-state index in [1.807, 2.05) is 29.6 Å². The number of imide groups is 1. The van der Waals surface area contributed by atoms with Crippen molar-refractivity contribution in [3.05, 3.63) is 29.8 Å². The van der Waals surface area contributed by atoms with E-state index in [4.69, 9.17) is 15.2 Å². The highest BCUT2D eigenvalue weighted by molar-refractivity contribution is 5.96. The molecule has 1 aromatic carbocycles. The smallest absolute Gasteiger partial charge is 0.318 e. The molecule has 1 aromatic rings. The highest BCUT2D eigenvalue weighted by Gasteiger charge is 2.19. The number of urea groups is 1. The van der Waals surface area contributed by atoms with Gasteiger partial charge in [-0.25, -0.2) is 4.79 Å². The molecule has 132 valence electrons. The third-order valence-corrected chi connectivity index (χ3v) is 3.22. The maximum atomic E-state index is 11.6. The van der Waals surface area contributed by atoms with Crippen molar-refractivity contribution >= 4 is 17.9 Å². The maximum Gasteiger partial charge on any atom is 0.318 e. The van der Waals surface area contributed by atoms with E-state index in [9.17, 15) is 14.4 Å². The van der Waals surface area contributed by atoms with E-state index in [-0.39, 0.29) is 18.4 Å². The summed E-state index contributed by atoms with van der Waals surface area (Å²) in [5.41, 5.74) is 6.06. The lowest BCUT2D eigenvalue weighted by atomic mass is 9.87. The lowest BCUT2D eigenvalue weighted by Crippen LogP contribution is -2.42. The standard InChI is InChI=1S/C17H24N2O5/c1-11(15(21)19-16(18)22)24-14(20)9-10-23-13-7-5-12(6-8-13)17(2,3)4/h5-8,11H,9-10H2,1-4H3,(H3,18,19,21,22)/t11-/m0/s1. The molecule has 0 radical (unpaired) electrons. The zero-order chi connectivity index (χ0) is 18.3. The average Bonchev–Trinajstić information content (AvgIpc) is 2.46. The number of primary amides is 1. The van der Waals surface area contributed by atoms with Crippen LogP contribution in [0.2, 0.25) is 0 Å². The lowest BCUT2D eigenvalue weighted by molar-refractivity contribution is -0.154. The Labute approximate surface area is 141 Å². The molecule has 1 rings (SSSR count). The first-order chi connectivity index (χ1) is 11.1. The number of esters is 1. The summed E-state index contributed by atoms with van der Waals surface area (Å²) < 4.78 is 10.4. The van der Waals surface area contributed by atoms with Crippen LogP contribution < -0.4 is 15.8 Å². The second-order valence-electron chi connectivity index (χ2n) is 6.36. The number of benzene rings is 1. The van der Waals surface area contributed by atoms with E-state index in [1.54, 1.807) is 0 Å². The third-order valence-electron chi connectivity index (χ3n) is 3.22. The van der Waals surface area contributed by atoms with Crippen molar-refractivity contribution in [2.24, 2.45) is 5.73 Å². The van der Waals surface area contributed by atoms with Crippen molar-refractivity contribution in [1.82, 2.24) is 5.32 Å². The van der Waals surface area contributed by atoms with E-state index in [0.717, 1.165) is 0 Å². The number of amides is 3. The molecule has 24 heavy (non-hydrogen) atoms. The van der Waals surface area contributed by atoms with Gasteiger partial charge in [0.1, 0.15) is 5.75 Å². The molecule has 0 aliphatic carbocycles. The van der Waals surface area contributed by atoms with Crippen molar-refractivity contribution in [3.8, 4) is 5.75 Å². The molecule has 0 spiro atoms. The fraction of sp³-hybridized carbons (Fsp3) is 0.471. The van der Waals surface area contributed by atoms with Crippen LogP contribution in [0.4, 0.5) is 4.79 Å². The van der Waals surface area contributed by atoms with Crippen molar-refractivity contribution in [1.29, 1.82) is 0 Å². The van der Waals surface area contributed by atoms with Gasteiger partial charge in [-0.1, -0.05) is 32.9 Å². The van der Waals surface area contributed by atoms with E-state index in [2.05, 4.69) is 20.8 Å². The predicted molar refractivity (Wildman–Crippen MR) is 88.5 cm³/mol. The Morgan fingerprint density at radius 1 is 1.17 bits per heavy atom. The summed E-state index contributed by atoms with van der Waals surface area (Å²) in [5, 5.41) is 1.84. The van der Waals surface area contributed by atoms with Crippen LogP contribution in [0.5, 0.6) is 5.75 Å². The molecule has 7 heteroatoms. The Hall–Kier alpha value is -2.57. The average molecular weight is 336 g/mol. The predicted octanol–water partition coefficient (Wildman–Crippen LogP) is 1.88. The molecular formula is C17H24N2O5. The summed E-state index contributed by atoms with van der Waals surface area (Å²) in [6.07, 6.45) is -1.12. The number of nitrogens with two attached hydrogens (primary N) is 1. The Kier molecular flexibility index (Phi) is 6.76. The van der Waals surface area contributed by atoms with Gasteiger partial charge in [0.25, 0.3) is 5.91 Å². The molecule has 3 N–H and O–H groups in total. The van der Waals surface area contributed by atoms with E-state index in [1.165, 1.54) is 12.5 Å². The molecule has 0 aliphatic rings. The van der Waals surface area contributed by atoms with Gasteiger partial charge in [0.05, 0.1) is 13.0 Å². The van der Waals surface area contributed by atoms with Crippen molar-refractivity contribution in [2.45, 2.75) is 45.6 Å². The highest BCUT2D eigenvalue weighted by atomic mass is 16.5. The van der Waals surface area contributed by atoms with Gasteiger partial charge in [-0.2, -0.15) is 0 Å². The Morgan fingerprint density at radius 3 is 2.25 bits per heavy atom. The minimum atomic E-state index is -1.10. The minimum absolute atomic E-state index is 0.0186. The molecule has 1 atom stereocenters. The number of carbonyl (C=O) groups excluding carboxylic acids is 3. The van der Waals surface area contributed by atoms with Gasteiger partial charge in [0.2, 0.25) is 0 Å². The molecule has 0 unspecified atom stereocenters. The maximum absolute atomic E-state index is 11.6. The van der Waals surface area contributed by atoms with Crippen LogP contribution in [0.15, 0.2) is 24.3 Å². The number of ether oxygens (including phenoxy) is 2. The van der Waals surface area contributed by atoms with Crippen molar-refractivity contribution in [3.63, 3.8) is 0 Å². The van der Waals surface area contributed by atoms with Gasteiger partial charge in [0.15, 0.2) is 6.10 Å². The van der Waals surface area contributed by atoms with Crippen LogP contribution in [-0.2, 0) is 19.7 Å². The molecule has 7 nitrogen and oxygen atoms in total. The first kappa shape index (κ1) is 19.5. The topological polar surface area (TPSA) is 108 Å². The Morgan fingerprint density at radius 2 is 1.75 bits per heavy atom. The van der Waals surface area contributed by atoms with Gasteiger partial charge in [-0.15, -0.1) is 0 Å². The summed E-state index contributed by atoms with van der Waals surface area (Å²) in [6.45, 7) is 7.83. The lowest BCUT2D eigenvalue weighted by Gasteiger charge is -2.19. The Balaban J connectivity index is 2.38. The van der Waals surface area contributed by atoms with Crippen LogP contribution in [0, 0.1) is 0 Å². The number of nitrogens with one attached hydrogen (secondary N) is 1. The SMILES string of the molecule is C[C@H](OC(=O)CCOc1ccc(C(C)(C)C)cc1)C(=O)NC(N)=O. The van der Waals surface area contributed by atoms with Crippen LogP contribution in [0.1, 0.15) is 39.7 Å². The normalized spacial score (nSPS) is 12.2. The molecule has 0 fully saturated rings. The fourth-order valence-corrected chi connectivity index (χ4v) is 1.84. The summed E-state index contributed by atoms with van der Waals surface area (Å²) in [7, 11) is 0. The summed E-state index contributed by atoms with van der Waals surface area (Å²) in [5.74, 6) is -0.724. The van der Waals surface area contributed by atoms with E-state index < -0.39 is 24.0 Å². The van der Waals surface area contributed by atoms with Gasteiger partial charge >= 0.3 is 12.0 Å².